The third-order valence-corrected chi connectivity index (χ3v) is 5.13. The van der Waals surface area contributed by atoms with Crippen molar-refractivity contribution in [2.75, 3.05) is 11.5 Å². The van der Waals surface area contributed by atoms with Gasteiger partial charge in [0.2, 0.25) is 0 Å². The van der Waals surface area contributed by atoms with Gasteiger partial charge < -0.3 is 0 Å². The zero-order valence-corrected chi connectivity index (χ0v) is 9.20. The molecule has 0 atom stereocenters. The zero-order valence-electron chi connectivity index (χ0n) is 7.63. The van der Waals surface area contributed by atoms with Gasteiger partial charge in [-0.3, -0.25) is 0 Å². The van der Waals surface area contributed by atoms with E-state index in [1.54, 1.807) is 0 Å². The van der Waals surface area contributed by atoms with Crippen LogP contribution >= 0.6 is 11.6 Å². The standard InChI is InChI=1S/C11H14ClS/c12-11-5-3-10(4-6-11)9-13-7-1-2-8-13/h3-6H,1-2,7-9H2/q+1. The van der Waals surface area contributed by atoms with Crippen molar-refractivity contribution >= 4 is 22.5 Å². The summed E-state index contributed by atoms with van der Waals surface area (Å²) in [7, 11) is 0.672. The van der Waals surface area contributed by atoms with Crippen LogP contribution in [0.3, 0.4) is 0 Å². The van der Waals surface area contributed by atoms with Gasteiger partial charge in [-0.2, -0.15) is 0 Å². The summed E-state index contributed by atoms with van der Waals surface area (Å²) in [5.74, 6) is 4.17. The molecular weight excluding hydrogens is 200 g/mol. The van der Waals surface area contributed by atoms with Gasteiger partial charge in [0.1, 0.15) is 17.3 Å². The first-order chi connectivity index (χ1) is 6.34. The molecule has 0 amide bonds. The Morgan fingerprint density at radius 2 is 1.69 bits per heavy atom. The quantitative estimate of drug-likeness (QED) is 0.662. The maximum Gasteiger partial charge on any atom is 0.133 e. The lowest BCUT2D eigenvalue weighted by molar-refractivity contribution is 0.949. The number of benzene rings is 1. The fourth-order valence-electron chi connectivity index (χ4n) is 1.68. The largest absolute Gasteiger partial charge is 0.133 e. The Hall–Kier alpha value is -0.140. The predicted molar refractivity (Wildman–Crippen MR) is 61.5 cm³/mol. The first-order valence-electron chi connectivity index (χ1n) is 4.73. The summed E-state index contributed by atoms with van der Waals surface area (Å²) in [5.41, 5.74) is 1.45. The van der Waals surface area contributed by atoms with Gasteiger partial charge in [-0.05, 0) is 35.9 Å². The van der Waals surface area contributed by atoms with Crippen molar-refractivity contribution in [3.8, 4) is 0 Å². The molecule has 0 aliphatic carbocycles. The average molecular weight is 214 g/mol. The van der Waals surface area contributed by atoms with E-state index in [0.717, 1.165) is 5.02 Å². The summed E-state index contributed by atoms with van der Waals surface area (Å²) in [5, 5.41) is 0.846. The van der Waals surface area contributed by atoms with Crippen LogP contribution in [-0.2, 0) is 16.6 Å². The molecule has 0 bridgehead atoms. The lowest BCUT2D eigenvalue weighted by atomic mass is 10.2. The molecule has 0 saturated carbocycles. The van der Waals surface area contributed by atoms with Gasteiger partial charge in [-0.1, -0.05) is 23.7 Å². The SMILES string of the molecule is Clc1ccc(C[S+]2CCCC2)cc1. The Morgan fingerprint density at radius 1 is 1.08 bits per heavy atom. The number of halogens is 1. The zero-order chi connectivity index (χ0) is 9.10. The van der Waals surface area contributed by atoms with Crippen LogP contribution in [-0.4, -0.2) is 11.5 Å². The fraction of sp³-hybridized carbons (Fsp3) is 0.455. The van der Waals surface area contributed by atoms with Gasteiger partial charge in [0.15, 0.2) is 0 Å². The number of hydrogen-bond donors (Lipinski definition) is 0. The van der Waals surface area contributed by atoms with Crippen LogP contribution in [0.4, 0.5) is 0 Å². The lowest BCUT2D eigenvalue weighted by Crippen LogP contribution is -2.06. The molecule has 1 saturated heterocycles. The molecule has 2 heteroatoms. The van der Waals surface area contributed by atoms with E-state index in [9.17, 15) is 0 Å². The highest BCUT2D eigenvalue weighted by molar-refractivity contribution is 7.96. The smallest absolute Gasteiger partial charge is 0.0843 e. The Labute approximate surface area is 87.6 Å². The third kappa shape index (κ3) is 2.65. The van der Waals surface area contributed by atoms with Crippen molar-refractivity contribution in [2.24, 2.45) is 0 Å². The Bertz CT molecular complexity index is 262. The second kappa shape index (κ2) is 4.39. The van der Waals surface area contributed by atoms with Gasteiger partial charge >= 0.3 is 0 Å². The first-order valence-corrected chi connectivity index (χ1v) is 6.84. The molecule has 0 nitrogen and oxygen atoms in total. The van der Waals surface area contributed by atoms with E-state index in [2.05, 4.69) is 12.1 Å². The van der Waals surface area contributed by atoms with Crippen molar-refractivity contribution in [1.82, 2.24) is 0 Å². The van der Waals surface area contributed by atoms with E-state index < -0.39 is 0 Å². The Kier molecular flexibility index (Phi) is 3.18. The van der Waals surface area contributed by atoms with E-state index in [0.29, 0.717) is 10.9 Å². The second-order valence-corrected chi connectivity index (χ2v) is 6.26. The molecule has 0 radical (unpaired) electrons. The average Bonchev–Trinajstić information content (AvgIpc) is 2.62. The van der Waals surface area contributed by atoms with Crippen molar-refractivity contribution in [2.45, 2.75) is 18.6 Å². The summed E-state index contributed by atoms with van der Waals surface area (Å²) in [6, 6.07) is 8.31. The van der Waals surface area contributed by atoms with E-state index in [-0.39, 0.29) is 0 Å². The van der Waals surface area contributed by atoms with Crippen LogP contribution in [0.15, 0.2) is 24.3 Å². The maximum atomic E-state index is 5.83. The molecule has 70 valence electrons. The molecule has 1 heterocycles. The summed E-state index contributed by atoms with van der Waals surface area (Å²) in [4.78, 5) is 0. The van der Waals surface area contributed by atoms with Gasteiger partial charge in [0, 0.05) is 10.6 Å². The Balaban J connectivity index is 1.97. The molecule has 1 aliphatic rings. The maximum absolute atomic E-state index is 5.83. The molecule has 0 unspecified atom stereocenters. The molecule has 1 fully saturated rings. The monoisotopic (exact) mass is 213 g/mol. The third-order valence-electron chi connectivity index (χ3n) is 2.40. The summed E-state index contributed by atoms with van der Waals surface area (Å²) >= 11 is 5.83. The van der Waals surface area contributed by atoms with E-state index in [1.807, 2.05) is 12.1 Å². The predicted octanol–water partition coefficient (Wildman–Crippen LogP) is 3.25. The highest BCUT2D eigenvalue weighted by Crippen LogP contribution is 2.19. The van der Waals surface area contributed by atoms with Gasteiger partial charge in [-0.15, -0.1) is 0 Å². The highest BCUT2D eigenvalue weighted by atomic mass is 35.5. The number of hydrogen-bond acceptors (Lipinski definition) is 0. The van der Waals surface area contributed by atoms with Crippen molar-refractivity contribution in [3.63, 3.8) is 0 Å². The van der Waals surface area contributed by atoms with Crippen LogP contribution in [0.5, 0.6) is 0 Å². The van der Waals surface area contributed by atoms with Crippen LogP contribution in [0.25, 0.3) is 0 Å². The molecule has 0 spiro atoms. The molecule has 13 heavy (non-hydrogen) atoms. The highest BCUT2D eigenvalue weighted by Gasteiger charge is 2.23. The molecule has 0 N–H and O–H groups in total. The van der Waals surface area contributed by atoms with E-state index in [4.69, 9.17) is 11.6 Å². The lowest BCUT2D eigenvalue weighted by Gasteiger charge is -2.00. The van der Waals surface area contributed by atoms with Gasteiger partial charge in [-0.25, -0.2) is 0 Å². The molecule has 1 aromatic rings. The van der Waals surface area contributed by atoms with Crippen molar-refractivity contribution in [1.29, 1.82) is 0 Å². The Morgan fingerprint density at radius 3 is 2.31 bits per heavy atom. The topological polar surface area (TPSA) is 0 Å². The van der Waals surface area contributed by atoms with Gasteiger partial charge in [0.05, 0.1) is 0 Å². The molecule has 0 aromatic heterocycles. The minimum Gasteiger partial charge on any atom is -0.0843 e. The molecule has 1 aromatic carbocycles. The minimum absolute atomic E-state index is 0.672. The minimum atomic E-state index is 0.672. The van der Waals surface area contributed by atoms with Crippen molar-refractivity contribution in [3.05, 3.63) is 34.9 Å². The summed E-state index contributed by atoms with van der Waals surface area (Å²) in [6.07, 6.45) is 2.88. The molecular formula is C11H14ClS+. The fourth-order valence-corrected chi connectivity index (χ4v) is 4.18. The van der Waals surface area contributed by atoms with Crippen molar-refractivity contribution < 1.29 is 0 Å². The van der Waals surface area contributed by atoms with E-state index >= 15 is 0 Å². The van der Waals surface area contributed by atoms with Crippen LogP contribution in [0, 0.1) is 0 Å². The molecule has 2 rings (SSSR count). The van der Waals surface area contributed by atoms with Crippen LogP contribution in [0.1, 0.15) is 18.4 Å². The second-order valence-electron chi connectivity index (χ2n) is 3.50. The summed E-state index contributed by atoms with van der Waals surface area (Å²) < 4.78 is 0. The van der Waals surface area contributed by atoms with Gasteiger partial charge in [0.25, 0.3) is 0 Å². The summed E-state index contributed by atoms with van der Waals surface area (Å²) in [6.45, 7) is 0. The van der Waals surface area contributed by atoms with Crippen LogP contribution < -0.4 is 0 Å². The van der Waals surface area contributed by atoms with Crippen LogP contribution in [0.2, 0.25) is 5.02 Å². The van der Waals surface area contributed by atoms with E-state index in [1.165, 1.54) is 35.7 Å². The first kappa shape index (κ1) is 9.42. The molecule has 1 aliphatic heterocycles. The normalized spacial score (nSPS) is 17.9. The number of rotatable bonds is 2.